The zero-order valence-electron chi connectivity index (χ0n) is 15.1. The predicted molar refractivity (Wildman–Crippen MR) is 96.9 cm³/mol. The third-order valence-electron chi connectivity index (χ3n) is 4.53. The van der Waals surface area contributed by atoms with Crippen LogP contribution >= 0.6 is 7.26 Å². The Morgan fingerprint density at radius 1 is 1.05 bits per heavy atom. The van der Waals surface area contributed by atoms with Gasteiger partial charge >= 0.3 is 5.97 Å². The summed E-state index contributed by atoms with van der Waals surface area (Å²) in [6.45, 7) is 6.68. The Morgan fingerprint density at radius 3 is 1.82 bits per heavy atom. The third-order valence-corrected chi connectivity index (χ3v) is 9.85. The van der Waals surface area contributed by atoms with Gasteiger partial charge in [-0.25, -0.2) is 0 Å². The smallest absolute Gasteiger partial charge is 0.305 e. The Kier molecular flexibility index (Phi) is 12.5. The van der Waals surface area contributed by atoms with Gasteiger partial charge in [-0.1, -0.05) is 40.0 Å². The summed E-state index contributed by atoms with van der Waals surface area (Å²) in [6.07, 6.45) is 12.0. The van der Waals surface area contributed by atoms with Crippen LogP contribution in [0, 0.1) is 11.3 Å². The van der Waals surface area contributed by atoms with Crippen molar-refractivity contribution in [2.45, 2.75) is 77.8 Å². The zero-order chi connectivity index (χ0) is 16.8. The zero-order valence-corrected chi connectivity index (χ0v) is 16.0. The summed E-state index contributed by atoms with van der Waals surface area (Å²) in [4.78, 5) is 11.5. The Morgan fingerprint density at radius 2 is 1.50 bits per heavy atom. The molecule has 0 amide bonds. The summed E-state index contributed by atoms with van der Waals surface area (Å²) < 4.78 is 4.77. The molecule has 0 aromatic rings. The van der Waals surface area contributed by atoms with Gasteiger partial charge < -0.3 is 4.74 Å². The SMILES string of the molecule is CCCC[P+](CCCC)(CCCC)C(C#N)CCC(=O)OC. The number of methoxy groups -OCH3 is 1. The molecule has 0 aromatic carbocycles. The standard InChI is InChI=1S/C18H35NO2P/c1-5-8-13-22(14-9-6-2,15-10-7-3)17(16-19)11-12-18(20)21-4/h17H,5-15H2,1-4H3/q+1. The molecule has 0 spiro atoms. The number of hydrogen-bond donors (Lipinski definition) is 0. The summed E-state index contributed by atoms with van der Waals surface area (Å²) in [5.74, 6) is -0.181. The third kappa shape index (κ3) is 7.59. The van der Waals surface area contributed by atoms with E-state index in [0.29, 0.717) is 12.8 Å². The van der Waals surface area contributed by atoms with Crippen molar-refractivity contribution in [1.82, 2.24) is 0 Å². The minimum absolute atomic E-state index is 0.0799. The van der Waals surface area contributed by atoms with E-state index < -0.39 is 7.26 Å². The molecular formula is C18H35NO2P+. The normalized spacial score (nSPS) is 12.7. The summed E-state index contributed by atoms with van der Waals surface area (Å²) in [7, 11) is 0.136. The number of carbonyl (C=O) groups excluding carboxylic acids is 1. The van der Waals surface area contributed by atoms with Crippen LogP contribution in [0.3, 0.4) is 0 Å². The molecule has 0 aromatic heterocycles. The average Bonchev–Trinajstić information content (AvgIpc) is 2.55. The van der Waals surface area contributed by atoms with Gasteiger partial charge in [-0.3, -0.25) is 4.79 Å². The topological polar surface area (TPSA) is 50.1 Å². The molecule has 1 atom stereocenters. The number of ether oxygens (including phenoxy) is 1. The molecule has 0 aliphatic carbocycles. The van der Waals surface area contributed by atoms with Crippen LogP contribution in [0.1, 0.15) is 72.1 Å². The summed E-state index contributed by atoms with van der Waals surface area (Å²) >= 11 is 0. The number of hydrogen-bond acceptors (Lipinski definition) is 3. The van der Waals surface area contributed by atoms with Crippen molar-refractivity contribution in [1.29, 1.82) is 5.26 Å². The highest BCUT2D eigenvalue weighted by Crippen LogP contribution is 2.65. The maximum absolute atomic E-state index is 11.5. The van der Waals surface area contributed by atoms with Crippen molar-refractivity contribution in [3.63, 3.8) is 0 Å². The quantitative estimate of drug-likeness (QED) is 0.343. The monoisotopic (exact) mass is 328 g/mol. The fourth-order valence-corrected chi connectivity index (χ4v) is 8.41. The number of esters is 1. The Labute approximate surface area is 138 Å². The Balaban J connectivity index is 5.13. The molecule has 0 bridgehead atoms. The lowest BCUT2D eigenvalue weighted by Gasteiger charge is -2.31. The lowest BCUT2D eigenvalue weighted by atomic mass is 10.2. The predicted octanol–water partition coefficient (Wildman–Crippen LogP) is 5.25. The molecule has 4 heteroatoms. The number of carbonyl (C=O) groups is 1. The molecule has 0 radical (unpaired) electrons. The minimum Gasteiger partial charge on any atom is -0.469 e. The molecule has 3 nitrogen and oxygen atoms in total. The molecule has 0 rings (SSSR count). The van der Waals surface area contributed by atoms with E-state index in [1.807, 2.05) is 0 Å². The van der Waals surface area contributed by atoms with Crippen molar-refractivity contribution < 1.29 is 9.53 Å². The molecule has 128 valence electrons. The van der Waals surface area contributed by atoms with Gasteiger partial charge in [0, 0.05) is 13.7 Å². The van der Waals surface area contributed by atoms with E-state index >= 15 is 0 Å². The molecule has 0 N–H and O–H groups in total. The first kappa shape index (κ1) is 21.4. The van der Waals surface area contributed by atoms with Crippen LogP contribution in [-0.4, -0.2) is 37.2 Å². The number of nitriles is 1. The maximum Gasteiger partial charge on any atom is 0.305 e. The fraction of sp³-hybridized carbons (Fsp3) is 0.889. The largest absolute Gasteiger partial charge is 0.469 e. The second-order valence-electron chi connectivity index (χ2n) is 6.21. The van der Waals surface area contributed by atoms with Crippen LogP contribution in [0.25, 0.3) is 0 Å². The molecule has 0 saturated carbocycles. The van der Waals surface area contributed by atoms with Crippen LogP contribution in [0.4, 0.5) is 0 Å². The van der Waals surface area contributed by atoms with Crippen LogP contribution in [-0.2, 0) is 9.53 Å². The van der Waals surface area contributed by atoms with Crippen molar-refractivity contribution in [2.24, 2.45) is 0 Å². The number of nitrogens with zero attached hydrogens (tertiary/aromatic N) is 1. The van der Waals surface area contributed by atoms with Gasteiger partial charge in [0.25, 0.3) is 0 Å². The van der Waals surface area contributed by atoms with Gasteiger partial charge in [-0.05, 0) is 19.3 Å². The van der Waals surface area contributed by atoms with Gasteiger partial charge in [0.05, 0.1) is 32.0 Å². The average molecular weight is 328 g/mol. The second-order valence-corrected chi connectivity index (χ2v) is 10.6. The van der Waals surface area contributed by atoms with Crippen LogP contribution in [0.2, 0.25) is 0 Å². The van der Waals surface area contributed by atoms with E-state index in [9.17, 15) is 10.1 Å². The lowest BCUT2D eigenvalue weighted by molar-refractivity contribution is -0.140. The molecule has 0 saturated heterocycles. The van der Waals surface area contributed by atoms with Crippen molar-refractivity contribution in [3.05, 3.63) is 0 Å². The van der Waals surface area contributed by atoms with E-state index in [1.54, 1.807) is 0 Å². The molecule has 0 fully saturated rings. The maximum atomic E-state index is 11.5. The fourth-order valence-electron chi connectivity index (χ4n) is 3.04. The van der Waals surface area contributed by atoms with E-state index in [2.05, 4.69) is 26.8 Å². The molecule has 0 aliphatic rings. The van der Waals surface area contributed by atoms with Gasteiger partial charge in [-0.15, -0.1) is 0 Å². The van der Waals surface area contributed by atoms with Crippen LogP contribution < -0.4 is 0 Å². The van der Waals surface area contributed by atoms with Gasteiger partial charge in [0.15, 0.2) is 5.66 Å². The second kappa shape index (κ2) is 12.9. The highest BCUT2D eigenvalue weighted by molar-refractivity contribution is 7.76. The van der Waals surface area contributed by atoms with E-state index in [4.69, 9.17) is 4.74 Å². The summed E-state index contributed by atoms with van der Waals surface area (Å²) in [5.41, 5.74) is 0.0799. The first-order chi connectivity index (χ1) is 10.6. The van der Waals surface area contributed by atoms with Gasteiger partial charge in [0.1, 0.15) is 6.07 Å². The lowest BCUT2D eigenvalue weighted by Crippen LogP contribution is -2.22. The first-order valence-electron chi connectivity index (χ1n) is 8.92. The number of rotatable bonds is 13. The minimum atomic E-state index is -1.29. The number of unbranched alkanes of at least 4 members (excludes halogenated alkanes) is 3. The summed E-state index contributed by atoms with van der Waals surface area (Å²) in [6, 6.07) is 2.59. The highest BCUT2D eigenvalue weighted by Gasteiger charge is 2.44. The van der Waals surface area contributed by atoms with E-state index in [-0.39, 0.29) is 11.6 Å². The molecule has 0 heterocycles. The van der Waals surface area contributed by atoms with Crippen molar-refractivity contribution in [3.8, 4) is 6.07 Å². The van der Waals surface area contributed by atoms with Crippen molar-refractivity contribution in [2.75, 3.05) is 25.6 Å². The van der Waals surface area contributed by atoms with Crippen LogP contribution in [0.5, 0.6) is 0 Å². The molecule has 1 unspecified atom stereocenters. The Hall–Kier alpha value is -0.610. The molecule has 22 heavy (non-hydrogen) atoms. The van der Waals surface area contributed by atoms with E-state index in [0.717, 1.165) is 0 Å². The van der Waals surface area contributed by atoms with Crippen LogP contribution in [0.15, 0.2) is 0 Å². The van der Waals surface area contributed by atoms with Gasteiger partial charge in [-0.2, -0.15) is 5.26 Å². The van der Waals surface area contributed by atoms with Crippen molar-refractivity contribution >= 4 is 13.2 Å². The highest BCUT2D eigenvalue weighted by atomic mass is 31.2. The van der Waals surface area contributed by atoms with Gasteiger partial charge in [0.2, 0.25) is 0 Å². The van der Waals surface area contributed by atoms with E-state index in [1.165, 1.54) is 64.1 Å². The Bertz CT molecular complexity index is 317. The molecule has 0 aliphatic heterocycles. The first-order valence-corrected chi connectivity index (χ1v) is 11.3. The molecular weight excluding hydrogens is 293 g/mol. The summed E-state index contributed by atoms with van der Waals surface area (Å²) in [5, 5.41) is 9.77.